The summed E-state index contributed by atoms with van der Waals surface area (Å²) in [6.07, 6.45) is 0. The van der Waals surface area contributed by atoms with Crippen LogP contribution in [0.5, 0.6) is 5.75 Å². The Balaban J connectivity index is 2.22. The number of para-hydroxylation sites is 1. The van der Waals surface area contributed by atoms with Crippen molar-refractivity contribution in [1.29, 1.82) is 0 Å². The lowest BCUT2D eigenvalue weighted by molar-refractivity contribution is -0.384. The van der Waals surface area contributed by atoms with Gasteiger partial charge >= 0.3 is 0 Å². The van der Waals surface area contributed by atoms with Crippen LogP contribution in [0.3, 0.4) is 0 Å². The molecule has 0 saturated heterocycles. The van der Waals surface area contributed by atoms with Gasteiger partial charge in [-0.05, 0) is 34.1 Å². The normalized spacial score (nSPS) is 10.1. The molecule has 20 heavy (non-hydrogen) atoms. The van der Waals surface area contributed by atoms with Crippen molar-refractivity contribution in [1.82, 2.24) is 0 Å². The van der Waals surface area contributed by atoms with Gasteiger partial charge in [0, 0.05) is 34.4 Å². The highest BCUT2D eigenvalue weighted by Crippen LogP contribution is 2.27. The zero-order chi connectivity index (χ0) is 14.5. The quantitative estimate of drug-likeness (QED) is 0.662. The van der Waals surface area contributed by atoms with Crippen molar-refractivity contribution in [2.75, 3.05) is 12.4 Å². The van der Waals surface area contributed by atoms with Crippen LogP contribution >= 0.6 is 15.9 Å². The first kappa shape index (κ1) is 14.3. The van der Waals surface area contributed by atoms with Crippen molar-refractivity contribution in [2.45, 2.75) is 6.54 Å². The number of nitro benzene ring substituents is 1. The van der Waals surface area contributed by atoms with Gasteiger partial charge in [-0.15, -0.1) is 0 Å². The van der Waals surface area contributed by atoms with Gasteiger partial charge in [0.2, 0.25) is 0 Å². The van der Waals surface area contributed by atoms with Gasteiger partial charge in [-0.3, -0.25) is 10.1 Å². The average Bonchev–Trinajstić information content (AvgIpc) is 2.46. The van der Waals surface area contributed by atoms with Gasteiger partial charge in [0.25, 0.3) is 5.69 Å². The first-order chi connectivity index (χ1) is 9.61. The lowest BCUT2D eigenvalue weighted by Gasteiger charge is -2.11. The fraction of sp³-hybridized carbons (Fsp3) is 0.143. The van der Waals surface area contributed by atoms with Crippen LogP contribution in [0.4, 0.5) is 11.4 Å². The molecule has 0 atom stereocenters. The summed E-state index contributed by atoms with van der Waals surface area (Å²) in [4.78, 5) is 10.4. The highest BCUT2D eigenvalue weighted by atomic mass is 79.9. The van der Waals surface area contributed by atoms with Crippen LogP contribution in [0.1, 0.15) is 5.56 Å². The highest BCUT2D eigenvalue weighted by molar-refractivity contribution is 9.10. The maximum atomic E-state index is 10.8. The summed E-state index contributed by atoms with van der Waals surface area (Å²) in [5.74, 6) is 0.621. The molecule has 0 aromatic heterocycles. The van der Waals surface area contributed by atoms with Crippen molar-refractivity contribution in [3.8, 4) is 5.75 Å². The molecular weight excluding hydrogens is 324 g/mol. The first-order valence-electron chi connectivity index (χ1n) is 5.91. The number of hydrogen-bond acceptors (Lipinski definition) is 4. The van der Waals surface area contributed by atoms with Crippen LogP contribution in [0.15, 0.2) is 46.9 Å². The standard InChI is InChI=1S/C14H13BrN2O3/c1-20-14-7-6-11(17(18)19)8-10(14)9-16-13-5-3-2-4-12(13)15/h2-8,16H,9H2,1H3. The predicted molar refractivity (Wildman–Crippen MR) is 81.1 cm³/mol. The minimum atomic E-state index is -0.415. The number of nitro groups is 1. The molecule has 5 nitrogen and oxygen atoms in total. The Bertz CT molecular complexity index is 632. The Labute approximate surface area is 124 Å². The minimum absolute atomic E-state index is 0.0507. The summed E-state index contributed by atoms with van der Waals surface area (Å²) in [7, 11) is 1.54. The smallest absolute Gasteiger partial charge is 0.270 e. The number of nitrogens with one attached hydrogen (secondary N) is 1. The van der Waals surface area contributed by atoms with E-state index >= 15 is 0 Å². The summed E-state index contributed by atoms with van der Waals surface area (Å²) < 4.78 is 6.16. The van der Waals surface area contributed by atoms with Crippen LogP contribution in [0, 0.1) is 10.1 Å². The Morgan fingerprint density at radius 1 is 1.30 bits per heavy atom. The number of hydrogen-bond donors (Lipinski definition) is 1. The fourth-order valence-corrected chi connectivity index (χ4v) is 2.24. The second-order valence-corrected chi connectivity index (χ2v) is 4.94. The van der Waals surface area contributed by atoms with E-state index in [4.69, 9.17) is 4.74 Å². The molecule has 0 unspecified atom stereocenters. The number of anilines is 1. The molecule has 2 aromatic carbocycles. The third-order valence-corrected chi connectivity index (χ3v) is 3.51. The van der Waals surface area contributed by atoms with Gasteiger partial charge < -0.3 is 10.1 Å². The molecule has 0 bridgehead atoms. The van der Waals surface area contributed by atoms with Crippen LogP contribution < -0.4 is 10.1 Å². The molecule has 0 saturated carbocycles. The third-order valence-electron chi connectivity index (χ3n) is 2.82. The maximum absolute atomic E-state index is 10.8. The van der Waals surface area contributed by atoms with Crippen LogP contribution in [0.2, 0.25) is 0 Å². The maximum Gasteiger partial charge on any atom is 0.270 e. The van der Waals surface area contributed by atoms with E-state index in [1.807, 2.05) is 24.3 Å². The topological polar surface area (TPSA) is 64.4 Å². The zero-order valence-corrected chi connectivity index (χ0v) is 12.4. The molecule has 0 fully saturated rings. The molecule has 0 aliphatic carbocycles. The molecule has 0 aliphatic heterocycles. The monoisotopic (exact) mass is 336 g/mol. The van der Waals surface area contributed by atoms with E-state index in [9.17, 15) is 10.1 Å². The van der Waals surface area contributed by atoms with E-state index < -0.39 is 4.92 Å². The van der Waals surface area contributed by atoms with Gasteiger partial charge in [-0.25, -0.2) is 0 Å². The first-order valence-corrected chi connectivity index (χ1v) is 6.71. The van der Waals surface area contributed by atoms with Crippen LogP contribution in [0.25, 0.3) is 0 Å². The predicted octanol–water partition coefficient (Wildman–Crippen LogP) is 3.98. The number of methoxy groups -OCH3 is 1. The van der Waals surface area contributed by atoms with E-state index in [2.05, 4.69) is 21.2 Å². The number of nitrogens with zero attached hydrogens (tertiary/aromatic N) is 1. The van der Waals surface area contributed by atoms with Crippen molar-refractivity contribution < 1.29 is 9.66 Å². The van der Waals surface area contributed by atoms with Crippen molar-refractivity contribution in [2.24, 2.45) is 0 Å². The number of halogens is 1. The van der Waals surface area contributed by atoms with Gasteiger partial charge in [0.15, 0.2) is 0 Å². The summed E-state index contributed by atoms with van der Waals surface area (Å²) in [6, 6.07) is 12.2. The van der Waals surface area contributed by atoms with E-state index in [1.165, 1.54) is 12.1 Å². The molecule has 0 aliphatic rings. The molecule has 2 aromatic rings. The van der Waals surface area contributed by atoms with E-state index in [-0.39, 0.29) is 5.69 Å². The number of non-ortho nitro benzene ring substituents is 1. The SMILES string of the molecule is COc1ccc([N+](=O)[O-])cc1CNc1ccccc1Br. The van der Waals surface area contributed by atoms with Gasteiger partial charge in [0.05, 0.1) is 12.0 Å². The number of benzene rings is 2. The molecule has 2 rings (SSSR count). The summed E-state index contributed by atoms with van der Waals surface area (Å²) in [6.45, 7) is 0.438. The van der Waals surface area contributed by atoms with Gasteiger partial charge in [0.1, 0.15) is 5.75 Å². The van der Waals surface area contributed by atoms with Crippen molar-refractivity contribution in [3.05, 3.63) is 62.6 Å². The summed E-state index contributed by atoms with van der Waals surface area (Å²) in [5.41, 5.74) is 1.70. The highest BCUT2D eigenvalue weighted by Gasteiger charge is 2.11. The van der Waals surface area contributed by atoms with Crippen LogP contribution in [-0.2, 0) is 6.54 Å². The fourth-order valence-electron chi connectivity index (χ4n) is 1.81. The molecule has 0 radical (unpaired) electrons. The molecule has 104 valence electrons. The van der Waals surface area contributed by atoms with Gasteiger partial charge in [-0.2, -0.15) is 0 Å². The van der Waals surface area contributed by atoms with E-state index in [0.29, 0.717) is 12.3 Å². The molecule has 6 heteroatoms. The number of ether oxygens (including phenoxy) is 1. The lowest BCUT2D eigenvalue weighted by Crippen LogP contribution is -2.03. The van der Waals surface area contributed by atoms with E-state index in [1.54, 1.807) is 13.2 Å². The molecule has 0 heterocycles. The third kappa shape index (κ3) is 3.27. The largest absolute Gasteiger partial charge is 0.496 e. The van der Waals surface area contributed by atoms with Crippen molar-refractivity contribution in [3.63, 3.8) is 0 Å². The Morgan fingerprint density at radius 3 is 2.70 bits per heavy atom. The average molecular weight is 337 g/mol. The molecule has 1 N–H and O–H groups in total. The Kier molecular flexibility index (Phi) is 4.57. The Hall–Kier alpha value is -2.08. The molecule has 0 amide bonds. The molecule has 0 spiro atoms. The minimum Gasteiger partial charge on any atom is -0.496 e. The number of rotatable bonds is 5. The second-order valence-electron chi connectivity index (χ2n) is 4.09. The van der Waals surface area contributed by atoms with Gasteiger partial charge in [-0.1, -0.05) is 12.1 Å². The lowest BCUT2D eigenvalue weighted by atomic mass is 10.1. The summed E-state index contributed by atoms with van der Waals surface area (Å²) in [5, 5.41) is 14.0. The van der Waals surface area contributed by atoms with E-state index in [0.717, 1.165) is 15.7 Å². The molecular formula is C14H13BrN2O3. The summed E-state index contributed by atoms with van der Waals surface area (Å²) >= 11 is 3.44. The van der Waals surface area contributed by atoms with Crippen molar-refractivity contribution >= 4 is 27.3 Å². The Morgan fingerprint density at radius 2 is 2.05 bits per heavy atom. The van der Waals surface area contributed by atoms with Crippen LogP contribution in [-0.4, -0.2) is 12.0 Å². The second kappa shape index (κ2) is 6.38. The zero-order valence-electron chi connectivity index (χ0n) is 10.8.